The summed E-state index contributed by atoms with van der Waals surface area (Å²) < 4.78 is 6.61. The highest BCUT2D eigenvalue weighted by Crippen LogP contribution is 2.35. The van der Waals surface area contributed by atoms with Gasteiger partial charge >= 0.3 is 5.97 Å². The van der Waals surface area contributed by atoms with E-state index in [-0.39, 0.29) is 18.7 Å². The Morgan fingerprint density at radius 3 is 2.46 bits per heavy atom. The van der Waals surface area contributed by atoms with Crippen LogP contribution < -0.4 is 5.56 Å². The number of aromatic nitrogens is 2. The molecule has 140 valence electrons. The molecule has 0 amide bonds. The summed E-state index contributed by atoms with van der Waals surface area (Å²) in [4.78, 5) is 31.4. The van der Waals surface area contributed by atoms with Crippen molar-refractivity contribution < 1.29 is 9.53 Å². The Bertz CT molecular complexity index is 1180. The number of hydrogen-bond acceptors (Lipinski definition) is 5. The molecule has 0 atom stereocenters. The van der Waals surface area contributed by atoms with E-state index in [1.165, 1.54) is 22.2 Å². The molecule has 0 spiro atoms. The third-order valence-electron chi connectivity index (χ3n) is 4.46. The molecule has 0 saturated heterocycles. The minimum Gasteiger partial charge on any atom is -0.459 e. The maximum Gasteiger partial charge on any atom is 0.326 e. The summed E-state index contributed by atoms with van der Waals surface area (Å²) in [5.41, 5.74) is 2.51. The van der Waals surface area contributed by atoms with Gasteiger partial charge in [0.15, 0.2) is 0 Å². The first-order valence-corrected chi connectivity index (χ1v) is 9.68. The second kappa shape index (κ2) is 7.78. The van der Waals surface area contributed by atoms with Crippen LogP contribution in [0.15, 0.2) is 71.8 Å². The molecule has 6 heteroatoms. The number of rotatable bonds is 5. The van der Waals surface area contributed by atoms with Gasteiger partial charge in [-0.25, -0.2) is 4.98 Å². The molecule has 2 aromatic carbocycles. The number of ether oxygens (including phenoxy) is 1. The Morgan fingerprint density at radius 1 is 1.07 bits per heavy atom. The lowest BCUT2D eigenvalue weighted by molar-refractivity contribution is -0.145. The van der Waals surface area contributed by atoms with Crippen LogP contribution in [0.3, 0.4) is 0 Å². The molecule has 0 N–H and O–H groups in total. The van der Waals surface area contributed by atoms with Gasteiger partial charge in [0.2, 0.25) is 0 Å². The van der Waals surface area contributed by atoms with E-state index < -0.39 is 5.97 Å². The molecule has 5 nitrogen and oxygen atoms in total. The monoisotopic (exact) mass is 390 g/mol. The van der Waals surface area contributed by atoms with Crippen molar-refractivity contribution in [3.8, 4) is 11.1 Å². The number of hydrogen-bond donors (Lipinski definition) is 0. The smallest absolute Gasteiger partial charge is 0.326 e. The summed E-state index contributed by atoms with van der Waals surface area (Å²) >= 11 is 1.48. The third-order valence-corrected chi connectivity index (χ3v) is 5.47. The van der Waals surface area contributed by atoms with Crippen LogP contribution in [0.2, 0.25) is 0 Å². The second-order valence-corrected chi connectivity index (χ2v) is 7.61. The minimum absolute atomic E-state index is 0.169. The number of benzene rings is 2. The summed E-state index contributed by atoms with van der Waals surface area (Å²) in [6.45, 7) is 1.99. The fraction of sp³-hybridized carbons (Fsp3) is 0.136. The fourth-order valence-corrected chi connectivity index (χ4v) is 4.13. The Hall–Kier alpha value is -3.25. The number of carbonyl (C=O) groups excluding carboxylic acids is 1. The molecule has 2 aromatic heterocycles. The molecule has 0 bridgehead atoms. The van der Waals surface area contributed by atoms with Gasteiger partial charge in [0.05, 0.1) is 11.7 Å². The highest BCUT2D eigenvalue weighted by molar-refractivity contribution is 7.19. The maximum atomic E-state index is 13.1. The van der Waals surface area contributed by atoms with Crippen molar-refractivity contribution in [2.24, 2.45) is 0 Å². The Morgan fingerprint density at radius 2 is 1.75 bits per heavy atom. The van der Waals surface area contributed by atoms with Crippen LogP contribution in [-0.4, -0.2) is 15.5 Å². The lowest BCUT2D eigenvalue weighted by Gasteiger charge is -2.07. The zero-order valence-corrected chi connectivity index (χ0v) is 16.1. The van der Waals surface area contributed by atoms with E-state index in [2.05, 4.69) is 4.98 Å². The summed E-state index contributed by atoms with van der Waals surface area (Å²) in [6.07, 6.45) is 1.42. The number of aryl methyl sites for hydroxylation is 1. The number of esters is 1. The lowest BCUT2D eigenvalue weighted by atomic mass is 10.0. The average Bonchev–Trinajstić information content (AvgIpc) is 3.07. The minimum atomic E-state index is -0.472. The fourth-order valence-electron chi connectivity index (χ4n) is 3.13. The molecule has 0 aliphatic heterocycles. The summed E-state index contributed by atoms with van der Waals surface area (Å²) in [7, 11) is 0. The van der Waals surface area contributed by atoms with Crippen molar-refractivity contribution in [3.05, 3.63) is 87.8 Å². The molecular weight excluding hydrogens is 372 g/mol. The van der Waals surface area contributed by atoms with Crippen LogP contribution in [0, 0.1) is 6.92 Å². The van der Waals surface area contributed by atoms with Gasteiger partial charge in [-0.2, -0.15) is 0 Å². The van der Waals surface area contributed by atoms with Crippen LogP contribution in [0.1, 0.15) is 10.4 Å². The molecule has 0 radical (unpaired) electrons. The zero-order chi connectivity index (χ0) is 19.5. The average molecular weight is 390 g/mol. The van der Waals surface area contributed by atoms with Gasteiger partial charge in [0.25, 0.3) is 5.56 Å². The molecule has 0 aliphatic carbocycles. The van der Waals surface area contributed by atoms with E-state index >= 15 is 0 Å². The molecule has 4 aromatic rings. The van der Waals surface area contributed by atoms with Crippen molar-refractivity contribution in [1.82, 2.24) is 9.55 Å². The van der Waals surface area contributed by atoms with Gasteiger partial charge in [0, 0.05) is 10.4 Å². The van der Waals surface area contributed by atoms with Crippen LogP contribution in [0.4, 0.5) is 0 Å². The molecule has 4 rings (SSSR count). The molecule has 2 heterocycles. The zero-order valence-electron chi connectivity index (χ0n) is 15.3. The normalized spacial score (nSPS) is 10.9. The van der Waals surface area contributed by atoms with E-state index in [0.717, 1.165) is 21.6 Å². The van der Waals surface area contributed by atoms with E-state index in [1.54, 1.807) is 0 Å². The van der Waals surface area contributed by atoms with E-state index in [4.69, 9.17) is 4.74 Å². The molecule has 0 unspecified atom stereocenters. The quantitative estimate of drug-likeness (QED) is 0.480. The van der Waals surface area contributed by atoms with Crippen molar-refractivity contribution in [1.29, 1.82) is 0 Å². The van der Waals surface area contributed by atoms with Crippen molar-refractivity contribution in [2.45, 2.75) is 20.1 Å². The number of thiophene rings is 1. The van der Waals surface area contributed by atoms with Crippen molar-refractivity contribution in [3.63, 3.8) is 0 Å². The Labute approximate surface area is 165 Å². The SMILES string of the molecule is Cc1sc2ncn(CC(=O)OCc3ccccc3)c(=O)c2c1-c1ccccc1. The topological polar surface area (TPSA) is 61.2 Å². The Kier molecular flexibility index (Phi) is 5.04. The van der Waals surface area contributed by atoms with Gasteiger partial charge in [-0.1, -0.05) is 60.7 Å². The van der Waals surface area contributed by atoms with Crippen LogP contribution in [0.25, 0.3) is 21.3 Å². The molecule has 0 fully saturated rings. The first-order chi connectivity index (χ1) is 13.6. The first kappa shape index (κ1) is 18.1. The van der Waals surface area contributed by atoms with Gasteiger partial charge in [-0.05, 0) is 18.1 Å². The standard InChI is InChI=1S/C22H18N2O3S/c1-15-19(17-10-6-3-7-11-17)20-21(28-15)23-14-24(22(20)26)12-18(25)27-13-16-8-4-2-5-9-16/h2-11,14H,12-13H2,1H3. The van der Waals surface area contributed by atoms with E-state index in [9.17, 15) is 9.59 Å². The van der Waals surface area contributed by atoms with Crippen molar-refractivity contribution in [2.75, 3.05) is 0 Å². The van der Waals surface area contributed by atoms with Gasteiger partial charge < -0.3 is 4.74 Å². The number of carbonyl (C=O) groups is 1. The largest absolute Gasteiger partial charge is 0.459 e. The Balaban J connectivity index is 1.63. The maximum absolute atomic E-state index is 13.1. The summed E-state index contributed by atoms with van der Waals surface area (Å²) in [6, 6.07) is 19.2. The lowest BCUT2D eigenvalue weighted by Crippen LogP contribution is -2.25. The van der Waals surface area contributed by atoms with E-state index in [1.807, 2.05) is 67.6 Å². The number of fused-ring (bicyclic) bond motifs is 1. The van der Waals surface area contributed by atoms with Gasteiger partial charge in [-0.3, -0.25) is 14.2 Å². The van der Waals surface area contributed by atoms with Gasteiger partial charge in [0.1, 0.15) is 18.0 Å². The van der Waals surface area contributed by atoms with Crippen LogP contribution in [0.5, 0.6) is 0 Å². The first-order valence-electron chi connectivity index (χ1n) is 8.87. The highest BCUT2D eigenvalue weighted by atomic mass is 32.1. The molecule has 0 aliphatic rings. The molecule has 0 saturated carbocycles. The van der Waals surface area contributed by atoms with E-state index in [0.29, 0.717) is 10.2 Å². The highest BCUT2D eigenvalue weighted by Gasteiger charge is 2.18. The van der Waals surface area contributed by atoms with Crippen LogP contribution in [-0.2, 0) is 22.7 Å². The van der Waals surface area contributed by atoms with Crippen molar-refractivity contribution >= 4 is 27.5 Å². The summed E-state index contributed by atoms with van der Waals surface area (Å²) in [5.74, 6) is -0.472. The predicted molar refractivity (Wildman–Crippen MR) is 110 cm³/mol. The third kappa shape index (κ3) is 3.59. The number of nitrogens with zero attached hydrogens (tertiary/aromatic N) is 2. The van der Waals surface area contributed by atoms with Crippen LogP contribution >= 0.6 is 11.3 Å². The predicted octanol–water partition coefficient (Wildman–Crippen LogP) is 4.18. The molecule has 28 heavy (non-hydrogen) atoms. The molecular formula is C22H18N2O3S. The summed E-state index contributed by atoms with van der Waals surface area (Å²) in [5, 5.41) is 0.548. The van der Waals surface area contributed by atoms with Gasteiger partial charge in [-0.15, -0.1) is 11.3 Å². The second-order valence-electron chi connectivity index (χ2n) is 6.40.